The quantitative estimate of drug-likeness (QED) is 0.385. The lowest BCUT2D eigenvalue weighted by Crippen LogP contribution is -2.00. The summed E-state index contributed by atoms with van der Waals surface area (Å²) in [4.78, 5) is 10.5. The van der Waals surface area contributed by atoms with Crippen molar-refractivity contribution in [3.8, 4) is 0 Å². The molecule has 0 heterocycles. The van der Waals surface area contributed by atoms with E-state index in [-0.39, 0.29) is 5.97 Å². The van der Waals surface area contributed by atoms with Crippen molar-refractivity contribution in [1.82, 2.24) is 0 Å². The molecule has 0 radical (unpaired) electrons. The van der Waals surface area contributed by atoms with Crippen molar-refractivity contribution in [1.29, 1.82) is 0 Å². The van der Waals surface area contributed by atoms with Crippen molar-refractivity contribution in [2.45, 2.75) is 78.1 Å². The van der Waals surface area contributed by atoms with E-state index in [1.54, 1.807) is 0 Å². The zero-order chi connectivity index (χ0) is 12.1. The van der Waals surface area contributed by atoms with Crippen LogP contribution in [0.2, 0.25) is 0 Å². The number of unbranched alkanes of at least 4 members (excludes halogenated alkanes) is 9. The lowest BCUT2D eigenvalue weighted by Gasteiger charge is -2.02. The first kappa shape index (κ1) is 15.5. The molecule has 0 aliphatic rings. The van der Waals surface area contributed by atoms with Gasteiger partial charge in [0.15, 0.2) is 0 Å². The summed E-state index contributed by atoms with van der Waals surface area (Å²) in [6, 6.07) is 0. The Balaban J connectivity index is 2.90. The highest BCUT2D eigenvalue weighted by molar-refractivity contribution is 5.65. The van der Waals surface area contributed by atoms with Gasteiger partial charge in [-0.3, -0.25) is 4.79 Å². The van der Waals surface area contributed by atoms with E-state index >= 15 is 0 Å². The fourth-order valence-electron chi connectivity index (χ4n) is 1.81. The Bertz CT molecular complexity index is 155. The number of carbonyl (C=O) groups excluding carboxylic acids is 1. The minimum Gasteiger partial charge on any atom is -0.466 e. The lowest BCUT2D eigenvalue weighted by molar-refractivity contribution is -0.141. The molecule has 2 nitrogen and oxygen atoms in total. The standard InChI is InChI=1S/C14H28O2/c1-3-4-5-6-7-8-9-10-11-12-13-16-14(2)15/h3-13H2,1-2H3. The molecule has 0 saturated heterocycles. The highest BCUT2D eigenvalue weighted by Gasteiger charge is 1.94. The molecule has 16 heavy (non-hydrogen) atoms. The van der Waals surface area contributed by atoms with Crippen LogP contribution in [0.3, 0.4) is 0 Å². The zero-order valence-corrected chi connectivity index (χ0v) is 11.1. The molecule has 0 aromatic carbocycles. The van der Waals surface area contributed by atoms with Gasteiger partial charge in [0, 0.05) is 6.92 Å². The number of hydrogen-bond donors (Lipinski definition) is 0. The summed E-state index contributed by atoms with van der Waals surface area (Å²) in [7, 11) is 0. The van der Waals surface area contributed by atoms with Crippen LogP contribution in [0.4, 0.5) is 0 Å². The van der Waals surface area contributed by atoms with Gasteiger partial charge >= 0.3 is 5.97 Å². The number of hydrogen-bond acceptors (Lipinski definition) is 2. The topological polar surface area (TPSA) is 26.3 Å². The van der Waals surface area contributed by atoms with Crippen LogP contribution in [-0.2, 0) is 9.53 Å². The second kappa shape index (κ2) is 12.5. The van der Waals surface area contributed by atoms with Gasteiger partial charge in [-0.1, -0.05) is 64.7 Å². The maximum atomic E-state index is 10.5. The molecule has 96 valence electrons. The van der Waals surface area contributed by atoms with Crippen molar-refractivity contribution >= 4 is 5.97 Å². The molecular formula is C14H28O2. The number of rotatable bonds is 11. The van der Waals surface area contributed by atoms with E-state index < -0.39 is 0 Å². The summed E-state index contributed by atoms with van der Waals surface area (Å²) in [5, 5.41) is 0. The maximum absolute atomic E-state index is 10.5. The van der Waals surface area contributed by atoms with Crippen LogP contribution < -0.4 is 0 Å². The Morgan fingerprint density at radius 2 is 1.25 bits per heavy atom. The predicted molar refractivity (Wildman–Crippen MR) is 68.5 cm³/mol. The average molecular weight is 228 g/mol. The number of carbonyl (C=O) groups is 1. The molecule has 0 aliphatic heterocycles. The van der Waals surface area contributed by atoms with E-state index in [0.29, 0.717) is 6.61 Å². The Labute approximate surface area is 101 Å². The molecule has 0 unspecified atom stereocenters. The SMILES string of the molecule is CCCCCCCCCCCCOC(C)=O. The van der Waals surface area contributed by atoms with Crippen LogP contribution in [0, 0.1) is 0 Å². The summed E-state index contributed by atoms with van der Waals surface area (Å²) < 4.78 is 4.87. The van der Waals surface area contributed by atoms with E-state index in [1.165, 1.54) is 64.7 Å². The van der Waals surface area contributed by atoms with Crippen molar-refractivity contribution in [3.63, 3.8) is 0 Å². The zero-order valence-electron chi connectivity index (χ0n) is 11.1. The molecule has 0 aromatic heterocycles. The Morgan fingerprint density at radius 1 is 0.812 bits per heavy atom. The average Bonchev–Trinajstić information content (AvgIpc) is 2.25. The second-order valence-electron chi connectivity index (χ2n) is 4.52. The van der Waals surface area contributed by atoms with Gasteiger partial charge in [-0.2, -0.15) is 0 Å². The molecule has 0 rings (SSSR count). The summed E-state index contributed by atoms with van der Waals surface area (Å²) in [6.07, 6.45) is 13.1. The van der Waals surface area contributed by atoms with E-state index in [9.17, 15) is 4.79 Å². The van der Waals surface area contributed by atoms with E-state index in [4.69, 9.17) is 4.74 Å². The molecule has 0 bridgehead atoms. The molecular weight excluding hydrogens is 200 g/mol. The molecule has 0 N–H and O–H groups in total. The Morgan fingerprint density at radius 3 is 1.69 bits per heavy atom. The minimum absolute atomic E-state index is 0.157. The molecule has 2 heteroatoms. The molecule has 0 saturated carbocycles. The number of esters is 1. The molecule has 0 spiro atoms. The molecule has 0 atom stereocenters. The van der Waals surface area contributed by atoms with Crippen LogP contribution in [0.15, 0.2) is 0 Å². The molecule has 0 amide bonds. The Kier molecular flexibility index (Phi) is 12.1. The number of ether oxygens (including phenoxy) is 1. The van der Waals surface area contributed by atoms with Gasteiger partial charge in [-0.25, -0.2) is 0 Å². The minimum atomic E-state index is -0.157. The molecule has 0 aromatic rings. The highest BCUT2D eigenvalue weighted by atomic mass is 16.5. The smallest absolute Gasteiger partial charge is 0.302 e. The maximum Gasteiger partial charge on any atom is 0.302 e. The predicted octanol–water partition coefficient (Wildman–Crippen LogP) is 4.47. The fourth-order valence-corrected chi connectivity index (χ4v) is 1.81. The van der Waals surface area contributed by atoms with Gasteiger partial charge in [0.25, 0.3) is 0 Å². The summed E-state index contributed by atoms with van der Waals surface area (Å²) in [5.41, 5.74) is 0. The Hall–Kier alpha value is -0.530. The third kappa shape index (κ3) is 13.5. The van der Waals surface area contributed by atoms with E-state index in [0.717, 1.165) is 6.42 Å². The van der Waals surface area contributed by atoms with Gasteiger partial charge in [-0.15, -0.1) is 0 Å². The van der Waals surface area contributed by atoms with Gasteiger partial charge in [0.05, 0.1) is 6.61 Å². The summed E-state index contributed by atoms with van der Waals surface area (Å²) >= 11 is 0. The molecule has 0 fully saturated rings. The first-order chi connectivity index (χ1) is 7.77. The largest absolute Gasteiger partial charge is 0.466 e. The van der Waals surface area contributed by atoms with E-state index in [2.05, 4.69) is 6.92 Å². The fraction of sp³-hybridized carbons (Fsp3) is 0.929. The van der Waals surface area contributed by atoms with Gasteiger partial charge in [0.2, 0.25) is 0 Å². The second-order valence-corrected chi connectivity index (χ2v) is 4.52. The summed E-state index contributed by atoms with van der Waals surface area (Å²) in [6.45, 7) is 4.32. The lowest BCUT2D eigenvalue weighted by atomic mass is 10.1. The van der Waals surface area contributed by atoms with Gasteiger partial charge in [-0.05, 0) is 6.42 Å². The first-order valence-electron chi connectivity index (χ1n) is 6.90. The van der Waals surface area contributed by atoms with Crippen LogP contribution in [0.5, 0.6) is 0 Å². The first-order valence-corrected chi connectivity index (χ1v) is 6.90. The molecule has 0 aliphatic carbocycles. The van der Waals surface area contributed by atoms with E-state index in [1.807, 2.05) is 0 Å². The normalized spacial score (nSPS) is 10.4. The van der Waals surface area contributed by atoms with Crippen LogP contribution in [0.25, 0.3) is 0 Å². The van der Waals surface area contributed by atoms with Crippen LogP contribution in [-0.4, -0.2) is 12.6 Å². The monoisotopic (exact) mass is 228 g/mol. The van der Waals surface area contributed by atoms with Crippen LogP contribution >= 0.6 is 0 Å². The van der Waals surface area contributed by atoms with Gasteiger partial charge in [0.1, 0.15) is 0 Å². The third-order valence-corrected chi connectivity index (χ3v) is 2.80. The summed E-state index contributed by atoms with van der Waals surface area (Å²) in [5.74, 6) is -0.157. The van der Waals surface area contributed by atoms with Gasteiger partial charge < -0.3 is 4.74 Å². The van der Waals surface area contributed by atoms with Crippen LogP contribution in [0.1, 0.15) is 78.1 Å². The third-order valence-electron chi connectivity index (χ3n) is 2.80. The van der Waals surface area contributed by atoms with Crippen molar-refractivity contribution in [3.05, 3.63) is 0 Å². The van der Waals surface area contributed by atoms with Crippen molar-refractivity contribution in [2.24, 2.45) is 0 Å². The highest BCUT2D eigenvalue weighted by Crippen LogP contribution is 2.10. The van der Waals surface area contributed by atoms with Crippen molar-refractivity contribution < 1.29 is 9.53 Å². The van der Waals surface area contributed by atoms with Crippen molar-refractivity contribution in [2.75, 3.05) is 6.61 Å².